The fraction of sp³-hybridized carbons (Fsp3) is 0.167. The molecule has 2 aromatic carbocycles. The third-order valence-electron chi connectivity index (χ3n) is 4.82. The molecule has 156 valence electrons. The van der Waals surface area contributed by atoms with E-state index in [4.69, 9.17) is 0 Å². The molecular formula is C24H24N6O. The molecular weight excluding hydrogens is 388 g/mol. The molecule has 2 heterocycles. The van der Waals surface area contributed by atoms with Crippen LogP contribution in [-0.2, 0) is 6.54 Å². The van der Waals surface area contributed by atoms with Gasteiger partial charge in [-0.2, -0.15) is 5.10 Å². The summed E-state index contributed by atoms with van der Waals surface area (Å²) in [6.07, 6.45) is 3.37. The van der Waals surface area contributed by atoms with E-state index in [0.29, 0.717) is 23.7 Å². The van der Waals surface area contributed by atoms with Crippen molar-refractivity contribution in [2.24, 2.45) is 0 Å². The number of aromatic nitrogens is 4. The van der Waals surface area contributed by atoms with Crippen molar-refractivity contribution >= 4 is 17.4 Å². The zero-order valence-electron chi connectivity index (χ0n) is 17.8. The second kappa shape index (κ2) is 8.79. The smallest absolute Gasteiger partial charge is 0.255 e. The Balaban J connectivity index is 1.43. The first-order chi connectivity index (χ1) is 15.0. The van der Waals surface area contributed by atoms with Crippen LogP contribution in [-0.4, -0.2) is 25.7 Å². The van der Waals surface area contributed by atoms with E-state index in [2.05, 4.69) is 25.7 Å². The molecule has 0 fully saturated rings. The van der Waals surface area contributed by atoms with Crippen LogP contribution >= 0.6 is 0 Å². The molecule has 0 atom stereocenters. The Kier molecular flexibility index (Phi) is 5.75. The van der Waals surface area contributed by atoms with Gasteiger partial charge in [0.1, 0.15) is 5.82 Å². The summed E-state index contributed by atoms with van der Waals surface area (Å²) in [6.45, 7) is 6.47. The molecule has 7 nitrogen and oxygen atoms in total. The van der Waals surface area contributed by atoms with Crippen LogP contribution in [0.4, 0.5) is 11.5 Å². The molecule has 4 rings (SSSR count). The lowest BCUT2D eigenvalue weighted by atomic mass is 10.1. The molecule has 31 heavy (non-hydrogen) atoms. The predicted molar refractivity (Wildman–Crippen MR) is 122 cm³/mol. The molecule has 0 bridgehead atoms. The molecule has 2 aromatic heterocycles. The Hall–Kier alpha value is -4.00. The molecule has 7 heteroatoms. The topological polar surface area (TPSA) is 84.7 Å². The maximum absolute atomic E-state index is 12.5. The molecule has 0 saturated carbocycles. The van der Waals surface area contributed by atoms with Gasteiger partial charge < -0.3 is 10.6 Å². The highest BCUT2D eigenvalue weighted by atomic mass is 16.1. The SMILES string of the molecule is Cc1ccc(C(=O)Nc2cccc(CNc3cncc(-n4nc(C)cc4C)n3)c2)cc1. The summed E-state index contributed by atoms with van der Waals surface area (Å²) in [4.78, 5) is 21.3. The van der Waals surface area contributed by atoms with Gasteiger partial charge in [-0.1, -0.05) is 29.8 Å². The number of nitrogens with zero attached hydrogens (tertiary/aromatic N) is 4. The summed E-state index contributed by atoms with van der Waals surface area (Å²) >= 11 is 0. The van der Waals surface area contributed by atoms with Gasteiger partial charge in [0.15, 0.2) is 5.82 Å². The Labute approximate surface area is 181 Å². The van der Waals surface area contributed by atoms with Crippen LogP contribution in [0, 0.1) is 20.8 Å². The molecule has 1 amide bonds. The molecule has 0 radical (unpaired) electrons. The second-order valence-corrected chi connectivity index (χ2v) is 7.48. The third kappa shape index (κ3) is 4.95. The lowest BCUT2D eigenvalue weighted by Crippen LogP contribution is -2.12. The average molecular weight is 412 g/mol. The number of anilines is 2. The number of benzene rings is 2. The van der Waals surface area contributed by atoms with Crippen LogP contribution in [0.2, 0.25) is 0 Å². The molecule has 4 aromatic rings. The summed E-state index contributed by atoms with van der Waals surface area (Å²) < 4.78 is 1.77. The lowest BCUT2D eigenvalue weighted by molar-refractivity contribution is 0.102. The monoisotopic (exact) mass is 412 g/mol. The van der Waals surface area contributed by atoms with Crippen LogP contribution in [0.1, 0.15) is 32.9 Å². The number of carbonyl (C=O) groups is 1. The second-order valence-electron chi connectivity index (χ2n) is 7.48. The summed E-state index contributed by atoms with van der Waals surface area (Å²) in [7, 11) is 0. The largest absolute Gasteiger partial charge is 0.365 e. The van der Waals surface area contributed by atoms with Crippen molar-refractivity contribution in [2.75, 3.05) is 10.6 Å². The molecule has 0 saturated heterocycles. The van der Waals surface area contributed by atoms with Gasteiger partial charge in [0.05, 0.1) is 18.1 Å². The Bertz CT molecular complexity index is 1210. The highest BCUT2D eigenvalue weighted by Crippen LogP contribution is 2.15. The first-order valence-corrected chi connectivity index (χ1v) is 10.0. The van der Waals surface area contributed by atoms with E-state index in [1.807, 2.05) is 75.4 Å². The molecule has 2 N–H and O–H groups in total. The van der Waals surface area contributed by atoms with Crippen molar-refractivity contribution in [3.8, 4) is 5.82 Å². The Morgan fingerprint density at radius 3 is 2.55 bits per heavy atom. The van der Waals surface area contributed by atoms with Crippen LogP contribution in [0.25, 0.3) is 5.82 Å². The van der Waals surface area contributed by atoms with Crippen LogP contribution in [0.15, 0.2) is 67.0 Å². The molecule has 0 spiro atoms. The van der Waals surface area contributed by atoms with Gasteiger partial charge in [-0.25, -0.2) is 9.67 Å². The van der Waals surface area contributed by atoms with Crippen molar-refractivity contribution in [2.45, 2.75) is 27.3 Å². The van der Waals surface area contributed by atoms with Gasteiger partial charge in [-0.15, -0.1) is 0 Å². The maximum Gasteiger partial charge on any atom is 0.255 e. The van der Waals surface area contributed by atoms with Crippen molar-refractivity contribution in [1.82, 2.24) is 19.7 Å². The lowest BCUT2D eigenvalue weighted by Gasteiger charge is -2.10. The first-order valence-electron chi connectivity index (χ1n) is 10.0. The van der Waals surface area contributed by atoms with E-state index in [1.165, 1.54) is 0 Å². The maximum atomic E-state index is 12.5. The molecule has 0 unspecified atom stereocenters. The van der Waals surface area contributed by atoms with Gasteiger partial charge in [0, 0.05) is 23.5 Å². The van der Waals surface area contributed by atoms with E-state index in [9.17, 15) is 4.79 Å². The van der Waals surface area contributed by atoms with E-state index < -0.39 is 0 Å². The predicted octanol–water partition coefficient (Wildman–Crippen LogP) is 4.45. The van der Waals surface area contributed by atoms with Crippen molar-refractivity contribution in [1.29, 1.82) is 0 Å². The Morgan fingerprint density at radius 2 is 1.81 bits per heavy atom. The zero-order chi connectivity index (χ0) is 21.8. The first kappa shape index (κ1) is 20.3. The van der Waals surface area contributed by atoms with Crippen LogP contribution in [0.3, 0.4) is 0 Å². The van der Waals surface area contributed by atoms with Crippen LogP contribution in [0.5, 0.6) is 0 Å². The number of hydrogen-bond acceptors (Lipinski definition) is 5. The minimum atomic E-state index is -0.131. The summed E-state index contributed by atoms with van der Waals surface area (Å²) in [6, 6.07) is 17.2. The standard InChI is InChI=1S/C24H24N6O/c1-16-7-9-20(10-8-16)24(31)27-21-6-4-5-19(12-21)13-26-22-14-25-15-23(28-22)30-18(3)11-17(2)29-30/h4-12,14-15H,13H2,1-3H3,(H,26,28)(H,27,31). The van der Waals surface area contributed by atoms with Gasteiger partial charge >= 0.3 is 0 Å². The molecule has 0 aliphatic carbocycles. The normalized spacial score (nSPS) is 10.7. The van der Waals surface area contributed by atoms with E-state index in [1.54, 1.807) is 17.1 Å². The van der Waals surface area contributed by atoms with Crippen LogP contribution < -0.4 is 10.6 Å². The van der Waals surface area contributed by atoms with E-state index in [0.717, 1.165) is 28.2 Å². The number of rotatable bonds is 6. The fourth-order valence-electron chi connectivity index (χ4n) is 3.26. The fourth-order valence-corrected chi connectivity index (χ4v) is 3.26. The molecule has 0 aliphatic rings. The molecule has 0 aliphatic heterocycles. The van der Waals surface area contributed by atoms with E-state index in [-0.39, 0.29) is 5.91 Å². The number of hydrogen-bond donors (Lipinski definition) is 2. The Morgan fingerprint density at radius 1 is 1.00 bits per heavy atom. The number of carbonyl (C=O) groups excluding carboxylic acids is 1. The van der Waals surface area contributed by atoms with Gasteiger partial charge in [0.2, 0.25) is 0 Å². The summed E-state index contributed by atoms with van der Waals surface area (Å²) in [5.74, 6) is 1.18. The zero-order valence-corrected chi connectivity index (χ0v) is 17.8. The highest BCUT2D eigenvalue weighted by molar-refractivity contribution is 6.04. The highest BCUT2D eigenvalue weighted by Gasteiger charge is 2.08. The number of nitrogens with one attached hydrogen (secondary N) is 2. The minimum absolute atomic E-state index is 0.131. The van der Waals surface area contributed by atoms with Gasteiger partial charge in [0.25, 0.3) is 5.91 Å². The van der Waals surface area contributed by atoms with Gasteiger partial charge in [-0.3, -0.25) is 9.78 Å². The van der Waals surface area contributed by atoms with Crippen molar-refractivity contribution < 1.29 is 4.79 Å². The minimum Gasteiger partial charge on any atom is -0.365 e. The van der Waals surface area contributed by atoms with Gasteiger partial charge in [-0.05, 0) is 56.7 Å². The van der Waals surface area contributed by atoms with E-state index >= 15 is 0 Å². The summed E-state index contributed by atoms with van der Waals surface area (Å²) in [5.41, 5.74) is 5.44. The third-order valence-corrected chi connectivity index (χ3v) is 4.82. The number of aryl methyl sites for hydroxylation is 3. The van der Waals surface area contributed by atoms with Crippen molar-refractivity contribution in [3.63, 3.8) is 0 Å². The number of amides is 1. The quantitative estimate of drug-likeness (QED) is 0.489. The summed E-state index contributed by atoms with van der Waals surface area (Å²) in [5, 5.41) is 10.7. The van der Waals surface area contributed by atoms with Crippen molar-refractivity contribution in [3.05, 3.63) is 95.1 Å². The average Bonchev–Trinajstić information content (AvgIpc) is 3.11.